The SMILES string of the molecule is Cc1oc2ncn(C)c(=O)c2c1C(=O)N[C@@H](C)c1ccccc1. The minimum Gasteiger partial charge on any atom is -0.442 e. The molecular weight excluding hydrogens is 294 g/mol. The smallest absolute Gasteiger partial charge is 0.265 e. The number of rotatable bonds is 3. The molecule has 1 amide bonds. The number of fused-ring (bicyclic) bond motifs is 1. The molecule has 2 heterocycles. The molecule has 23 heavy (non-hydrogen) atoms. The molecule has 1 aromatic carbocycles. The first-order valence-electron chi connectivity index (χ1n) is 7.29. The number of nitrogens with one attached hydrogen (secondary N) is 1. The van der Waals surface area contributed by atoms with Gasteiger partial charge in [0.15, 0.2) is 0 Å². The monoisotopic (exact) mass is 311 g/mol. The van der Waals surface area contributed by atoms with Crippen LogP contribution in [0.25, 0.3) is 11.1 Å². The summed E-state index contributed by atoms with van der Waals surface area (Å²) in [5.74, 6) is 0.0382. The van der Waals surface area contributed by atoms with E-state index in [1.807, 2.05) is 37.3 Å². The van der Waals surface area contributed by atoms with Gasteiger partial charge in [-0.1, -0.05) is 30.3 Å². The van der Waals surface area contributed by atoms with E-state index in [0.717, 1.165) is 5.56 Å². The zero-order valence-corrected chi connectivity index (χ0v) is 13.2. The van der Waals surface area contributed by atoms with Gasteiger partial charge in [0, 0.05) is 7.05 Å². The average Bonchev–Trinajstić information content (AvgIpc) is 2.89. The summed E-state index contributed by atoms with van der Waals surface area (Å²) in [5.41, 5.74) is 1.11. The van der Waals surface area contributed by atoms with E-state index in [1.54, 1.807) is 14.0 Å². The first kappa shape index (κ1) is 15.0. The molecule has 0 bridgehead atoms. The molecule has 0 aliphatic carbocycles. The largest absolute Gasteiger partial charge is 0.442 e. The van der Waals surface area contributed by atoms with Gasteiger partial charge in [-0.3, -0.25) is 9.59 Å². The van der Waals surface area contributed by atoms with Crippen molar-refractivity contribution >= 4 is 17.0 Å². The van der Waals surface area contributed by atoms with Crippen molar-refractivity contribution in [2.24, 2.45) is 7.05 Å². The topological polar surface area (TPSA) is 77.1 Å². The minimum absolute atomic E-state index is 0.183. The molecule has 0 saturated carbocycles. The number of benzene rings is 1. The van der Waals surface area contributed by atoms with Crippen molar-refractivity contribution in [2.45, 2.75) is 19.9 Å². The quantitative estimate of drug-likeness (QED) is 0.805. The Morgan fingerprint density at radius 3 is 2.70 bits per heavy atom. The normalized spacial score (nSPS) is 12.3. The van der Waals surface area contributed by atoms with Gasteiger partial charge in [0.25, 0.3) is 11.5 Å². The number of aromatic nitrogens is 2. The molecule has 0 spiro atoms. The highest BCUT2D eigenvalue weighted by Gasteiger charge is 2.23. The number of carbonyl (C=O) groups is 1. The van der Waals surface area contributed by atoms with Gasteiger partial charge in [-0.15, -0.1) is 0 Å². The van der Waals surface area contributed by atoms with E-state index >= 15 is 0 Å². The summed E-state index contributed by atoms with van der Waals surface area (Å²) in [6.07, 6.45) is 1.38. The molecule has 118 valence electrons. The van der Waals surface area contributed by atoms with Crippen molar-refractivity contribution in [1.29, 1.82) is 0 Å². The van der Waals surface area contributed by atoms with Crippen LogP contribution >= 0.6 is 0 Å². The number of aryl methyl sites for hydroxylation is 2. The molecule has 0 aliphatic heterocycles. The van der Waals surface area contributed by atoms with Crippen molar-refractivity contribution in [3.05, 3.63) is 63.9 Å². The van der Waals surface area contributed by atoms with Crippen molar-refractivity contribution in [3.8, 4) is 0 Å². The highest BCUT2D eigenvalue weighted by Crippen LogP contribution is 2.22. The molecule has 1 N–H and O–H groups in total. The van der Waals surface area contributed by atoms with Gasteiger partial charge < -0.3 is 14.3 Å². The molecule has 0 unspecified atom stereocenters. The number of nitrogens with zero attached hydrogens (tertiary/aromatic N) is 2. The maximum Gasteiger partial charge on any atom is 0.265 e. The standard InChI is InChI=1S/C17H17N3O3/c1-10(12-7-5-4-6-8-12)19-15(21)13-11(2)23-16-14(13)17(22)20(3)9-18-16/h4-10H,1-3H3,(H,19,21)/t10-/m0/s1. The maximum atomic E-state index is 12.6. The second-order valence-corrected chi connectivity index (χ2v) is 5.48. The summed E-state index contributed by atoms with van der Waals surface area (Å²) >= 11 is 0. The molecule has 2 aromatic heterocycles. The fraction of sp³-hybridized carbons (Fsp3) is 0.235. The van der Waals surface area contributed by atoms with Crippen LogP contribution in [0.1, 0.15) is 34.6 Å². The summed E-state index contributed by atoms with van der Waals surface area (Å²) in [6, 6.07) is 9.43. The van der Waals surface area contributed by atoms with E-state index in [9.17, 15) is 9.59 Å². The van der Waals surface area contributed by atoms with Crippen LogP contribution in [0.4, 0.5) is 0 Å². The van der Waals surface area contributed by atoms with E-state index in [1.165, 1.54) is 10.9 Å². The van der Waals surface area contributed by atoms with Gasteiger partial charge >= 0.3 is 0 Å². The predicted octanol–water partition coefficient (Wildman–Crippen LogP) is 2.33. The minimum atomic E-state index is -0.345. The van der Waals surface area contributed by atoms with Crippen molar-refractivity contribution < 1.29 is 9.21 Å². The van der Waals surface area contributed by atoms with Crippen molar-refractivity contribution in [1.82, 2.24) is 14.9 Å². The zero-order valence-electron chi connectivity index (χ0n) is 13.2. The fourth-order valence-corrected chi connectivity index (χ4v) is 2.55. The van der Waals surface area contributed by atoms with Gasteiger partial charge in [0.1, 0.15) is 17.5 Å². The highest BCUT2D eigenvalue weighted by molar-refractivity contribution is 6.06. The zero-order chi connectivity index (χ0) is 16.6. The van der Waals surface area contributed by atoms with Crippen LogP contribution in [0.3, 0.4) is 0 Å². The van der Waals surface area contributed by atoms with E-state index in [4.69, 9.17) is 4.42 Å². The Balaban J connectivity index is 2.00. The van der Waals surface area contributed by atoms with Crippen LogP contribution in [0, 0.1) is 6.92 Å². The Labute approximate surface area is 132 Å². The highest BCUT2D eigenvalue weighted by atomic mass is 16.3. The summed E-state index contributed by atoms with van der Waals surface area (Å²) in [7, 11) is 1.59. The molecule has 0 aliphatic rings. The van der Waals surface area contributed by atoms with Gasteiger partial charge in [0.05, 0.1) is 11.6 Å². The molecule has 6 nitrogen and oxygen atoms in total. The Morgan fingerprint density at radius 2 is 2.00 bits per heavy atom. The van der Waals surface area contributed by atoms with Crippen LogP contribution in [0.15, 0.2) is 45.9 Å². The van der Waals surface area contributed by atoms with Gasteiger partial charge in [-0.2, -0.15) is 0 Å². The lowest BCUT2D eigenvalue weighted by atomic mass is 10.1. The van der Waals surface area contributed by atoms with E-state index < -0.39 is 0 Å². The third-order valence-electron chi connectivity index (χ3n) is 3.82. The molecule has 6 heteroatoms. The second-order valence-electron chi connectivity index (χ2n) is 5.48. The first-order valence-corrected chi connectivity index (χ1v) is 7.29. The Bertz CT molecular complexity index is 925. The fourth-order valence-electron chi connectivity index (χ4n) is 2.55. The van der Waals surface area contributed by atoms with Gasteiger partial charge in [-0.25, -0.2) is 4.98 Å². The lowest BCUT2D eigenvalue weighted by Crippen LogP contribution is -2.28. The Morgan fingerprint density at radius 1 is 1.30 bits per heavy atom. The summed E-state index contributed by atoms with van der Waals surface area (Å²) in [5, 5.41) is 3.12. The molecule has 3 aromatic rings. The third-order valence-corrected chi connectivity index (χ3v) is 3.82. The number of hydrogen-bond acceptors (Lipinski definition) is 4. The number of carbonyl (C=O) groups excluding carboxylic acids is 1. The van der Waals surface area contributed by atoms with E-state index in [-0.39, 0.29) is 34.2 Å². The average molecular weight is 311 g/mol. The lowest BCUT2D eigenvalue weighted by Gasteiger charge is -2.14. The Kier molecular flexibility index (Phi) is 3.73. The molecular formula is C17H17N3O3. The molecule has 1 atom stereocenters. The molecule has 0 radical (unpaired) electrons. The van der Waals surface area contributed by atoms with Crippen molar-refractivity contribution in [2.75, 3.05) is 0 Å². The number of furan rings is 1. The maximum absolute atomic E-state index is 12.6. The number of amides is 1. The molecule has 0 fully saturated rings. The second kappa shape index (κ2) is 5.72. The number of hydrogen-bond donors (Lipinski definition) is 1. The first-order chi connectivity index (χ1) is 11.0. The molecule has 0 saturated heterocycles. The van der Waals surface area contributed by atoms with Gasteiger partial charge in [-0.05, 0) is 19.4 Å². The van der Waals surface area contributed by atoms with Gasteiger partial charge in [0.2, 0.25) is 5.71 Å². The van der Waals surface area contributed by atoms with Crippen LogP contribution in [0.5, 0.6) is 0 Å². The molecule has 3 rings (SSSR count). The van der Waals surface area contributed by atoms with Crippen LogP contribution in [-0.2, 0) is 7.05 Å². The van der Waals surface area contributed by atoms with Crippen LogP contribution in [-0.4, -0.2) is 15.5 Å². The third kappa shape index (κ3) is 2.63. The Hall–Kier alpha value is -2.89. The van der Waals surface area contributed by atoms with Crippen molar-refractivity contribution in [3.63, 3.8) is 0 Å². The van der Waals surface area contributed by atoms with E-state index in [2.05, 4.69) is 10.3 Å². The van der Waals surface area contributed by atoms with Crippen LogP contribution < -0.4 is 10.9 Å². The summed E-state index contributed by atoms with van der Waals surface area (Å²) in [6.45, 7) is 3.55. The predicted molar refractivity (Wildman–Crippen MR) is 86.3 cm³/mol. The lowest BCUT2D eigenvalue weighted by molar-refractivity contribution is 0.0939. The summed E-state index contributed by atoms with van der Waals surface area (Å²) in [4.78, 5) is 29.0. The van der Waals surface area contributed by atoms with E-state index in [0.29, 0.717) is 5.76 Å². The summed E-state index contributed by atoms with van der Waals surface area (Å²) < 4.78 is 6.79. The van der Waals surface area contributed by atoms with Crippen LogP contribution in [0.2, 0.25) is 0 Å².